The number of hydrogen-bond acceptors (Lipinski definition) is 5. The van der Waals surface area contributed by atoms with Crippen molar-refractivity contribution in [1.82, 2.24) is 20.4 Å². The van der Waals surface area contributed by atoms with Crippen LogP contribution in [0.15, 0.2) is 6.07 Å². The molecule has 2 fully saturated rings. The van der Waals surface area contributed by atoms with E-state index in [2.05, 4.69) is 10.4 Å². The molecule has 1 saturated heterocycles. The maximum Gasteiger partial charge on any atom is 0.432 e. The summed E-state index contributed by atoms with van der Waals surface area (Å²) in [5, 5.41) is 13.0. The lowest BCUT2D eigenvalue weighted by Crippen LogP contribution is -2.63. The van der Waals surface area contributed by atoms with Crippen molar-refractivity contribution in [1.29, 1.82) is 0 Å². The Labute approximate surface area is 165 Å². The van der Waals surface area contributed by atoms with E-state index in [0.717, 1.165) is 0 Å². The molecule has 1 saturated carbocycles. The minimum Gasteiger partial charge on any atom is -0.346 e. The fourth-order valence-corrected chi connectivity index (χ4v) is 4.90. The Hall–Kier alpha value is -2.15. The maximum atomic E-state index is 12.9. The molecule has 2 unspecified atom stereocenters. The number of hydrogen-bond donors (Lipinski definition) is 3. The van der Waals surface area contributed by atoms with Crippen molar-refractivity contribution >= 4 is 21.8 Å². The average Bonchev–Trinajstić information content (AvgIpc) is 3.04. The second kappa shape index (κ2) is 7.27. The van der Waals surface area contributed by atoms with E-state index in [9.17, 15) is 31.2 Å². The van der Waals surface area contributed by atoms with Crippen molar-refractivity contribution in [3.63, 3.8) is 0 Å². The molecule has 1 aromatic rings. The van der Waals surface area contributed by atoms with Crippen molar-refractivity contribution in [2.24, 2.45) is 11.1 Å². The molecule has 1 aliphatic heterocycles. The van der Waals surface area contributed by atoms with Crippen LogP contribution in [0.1, 0.15) is 48.8 Å². The van der Waals surface area contributed by atoms with Crippen molar-refractivity contribution in [2.75, 3.05) is 13.1 Å². The highest BCUT2D eigenvalue weighted by Crippen LogP contribution is 2.40. The van der Waals surface area contributed by atoms with Gasteiger partial charge in [0.1, 0.15) is 5.69 Å². The molecule has 2 amide bonds. The van der Waals surface area contributed by atoms with E-state index in [-0.39, 0.29) is 25.3 Å². The zero-order valence-corrected chi connectivity index (χ0v) is 16.4. The van der Waals surface area contributed by atoms with Crippen molar-refractivity contribution in [2.45, 2.75) is 49.6 Å². The zero-order chi connectivity index (χ0) is 21.6. The highest BCUT2D eigenvalue weighted by molar-refractivity contribution is 7.91. The first-order chi connectivity index (χ1) is 13.3. The number of alkyl halides is 3. The summed E-state index contributed by atoms with van der Waals surface area (Å²) < 4.78 is 60.3. The quantitative estimate of drug-likeness (QED) is 0.633. The number of nitrogens with two attached hydrogens (primary N) is 1. The number of sulfonamides is 1. The molecule has 1 aliphatic carbocycles. The van der Waals surface area contributed by atoms with Crippen LogP contribution in [0.25, 0.3) is 0 Å². The highest BCUT2D eigenvalue weighted by atomic mass is 32.2. The molecule has 13 heteroatoms. The zero-order valence-electron chi connectivity index (χ0n) is 15.6. The van der Waals surface area contributed by atoms with Crippen LogP contribution in [0, 0.1) is 5.92 Å². The predicted octanol–water partition coefficient (Wildman–Crippen LogP) is 0.607. The number of carbonyl (C=O) groups is 2. The van der Waals surface area contributed by atoms with Crippen molar-refractivity contribution in [3.05, 3.63) is 17.5 Å². The van der Waals surface area contributed by atoms with Gasteiger partial charge in [0, 0.05) is 25.2 Å². The van der Waals surface area contributed by atoms with E-state index < -0.39 is 50.2 Å². The molecule has 9 nitrogen and oxygen atoms in total. The number of halogens is 3. The Kier molecular flexibility index (Phi) is 5.41. The van der Waals surface area contributed by atoms with E-state index in [1.807, 2.05) is 6.92 Å². The normalized spacial score (nSPS) is 24.7. The maximum absolute atomic E-state index is 12.9. The van der Waals surface area contributed by atoms with Gasteiger partial charge in [-0.15, -0.1) is 0 Å². The first-order valence-corrected chi connectivity index (χ1v) is 10.6. The van der Waals surface area contributed by atoms with E-state index in [1.165, 1.54) is 4.90 Å². The smallest absolute Gasteiger partial charge is 0.346 e. The number of piperidine rings is 1. The van der Waals surface area contributed by atoms with Crippen molar-refractivity contribution in [3.8, 4) is 0 Å². The monoisotopic (exact) mass is 437 g/mol. The summed E-state index contributed by atoms with van der Waals surface area (Å²) in [5.41, 5.74) is -1.57. The summed E-state index contributed by atoms with van der Waals surface area (Å²) in [6.07, 6.45) is -3.28. The van der Waals surface area contributed by atoms with Crippen LogP contribution in [0.3, 0.4) is 0 Å². The van der Waals surface area contributed by atoms with Gasteiger partial charge in [0.2, 0.25) is 15.9 Å². The van der Waals surface area contributed by atoms with Gasteiger partial charge in [0.05, 0.1) is 0 Å². The molecule has 1 aromatic heterocycles. The van der Waals surface area contributed by atoms with Crippen LogP contribution >= 0.6 is 0 Å². The molecule has 3 rings (SSSR count). The molecule has 4 N–H and O–H groups in total. The molecule has 2 heterocycles. The number of nitrogens with one attached hydrogen (secondary N) is 2. The molecule has 0 spiro atoms. The van der Waals surface area contributed by atoms with E-state index in [4.69, 9.17) is 5.14 Å². The third kappa shape index (κ3) is 3.97. The fourth-order valence-electron chi connectivity index (χ4n) is 3.67. The van der Waals surface area contributed by atoms with Crippen LogP contribution in [0.5, 0.6) is 0 Å². The standard InChI is InChI=1S/C16H22F3N5O4S/c1-9-3-6-24(14(26)15(4-2-5-15)29(20,27)28)8-11(9)21-13(25)10-7-12(23-22-10)16(17,18)19/h7,9,11H,2-6,8H2,1H3,(H,21,25)(H,22,23)(H2,20,27,28). The lowest BCUT2D eigenvalue weighted by Gasteiger charge is -2.45. The fraction of sp³-hybridized carbons (Fsp3) is 0.688. The third-order valence-corrected chi connectivity index (χ3v) is 7.45. The number of aromatic nitrogens is 2. The Balaban J connectivity index is 1.71. The van der Waals surface area contributed by atoms with Gasteiger partial charge in [-0.25, -0.2) is 13.6 Å². The van der Waals surface area contributed by atoms with Crippen LogP contribution in [-0.2, 0) is 21.0 Å². The number of rotatable bonds is 4. The van der Waals surface area contributed by atoms with E-state index in [1.54, 1.807) is 5.10 Å². The lowest BCUT2D eigenvalue weighted by atomic mass is 9.82. The second-order valence-corrected chi connectivity index (χ2v) is 9.53. The van der Waals surface area contributed by atoms with Gasteiger partial charge >= 0.3 is 6.18 Å². The number of primary sulfonamides is 1. The van der Waals surface area contributed by atoms with Gasteiger partial charge in [-0.2, -0.15) is 18.3 Å². The van der Waals surface area contributed by atoms with Crippen LogP contribution < -0.4 is 10.5 Å². The highest BCUT2D eigenvalue weighted by Gasteiger charge is 2.55. The van der Waals surface area contributed by atoms with Gasteiger partial charge in [-0.1, -0.05) is 6.92 Å². The van der Waals surface area contributed by atoms with Gasteiger partial charge < -0.3 is 10.2 Å². The minimum absolute atomic E-state index is 0.0412. The molecule has 2 atom stereocenters. The third-order valence-electron chi connectivity index (χ3n) is 5.77. The topological polar surface area (TPSA) is 138 Å². The Morgan fingerprint density at radius 3 is 2.52 bits per heavy atom. The number of likely N-dealkylation sites (tertiary alicyclic amines) is 1. The van der Waals surface area contributed by atoms with Crippen LogP contribution in [0.2, 0.25) is 0 Å². The molecule has 0 aromatic carbocycles. The minimum atomic E-state index is -4.66. The Morgan fingerprint density at radius 2 is 2.03 bits per heavy atom. The molecule has 2 aliphatic rings. The number of amides is 2. The van der Waals surface area contributed by atoms with Crippen molar-refractivity contribution < 1.29 is 31.2 Å². The molecule has 29 heavy (non-hydrogen) atoms. The van der Waals surface area contributed by atoms with Crippen LogP contribution in [-0.4, -0.2) is 59.2 Å². The first kappa shape index (κ1) is 21.6. The lowest BCUT2D eigenvalue weighted by molar-refractivity contribution is -0.141. The first-order valence-electron chi connectivity index (χ1n) is 9.10. The Morgan fingerprint density at radius 1 is 1.38 bits per heavy atom. The summed E-state index contributed by atoms with van der Waals surface area (Å²) in [4.78, 5) is 26.6. The number of carbonyl (C=O) groups excluding carboxylic acids is 2. The van der Waals surface area contributed by atoms with Gasteiger partial charge in [-0.05, 0) is 31.6 Å². The summed E-state index contributed by atoms with van der Waals surface area (Å²) in [6, 6.07) is 0.0414. The van der Waals surface area contributed by atoms with Gasteiger partial charge in [0.25, 0.3) is 5.91 Å². The summed E-state index contributed by atoms with van der Waals surface area (Å²) in [5.74, 6) is -1.47. The Bertz CT molecular complexity index is 910. The van der Waals surface area contributed by atoms with Crippen LogP contribution in [0.4, 0.5) is 13.2 Å². The molecular weight excluding hydrogens is 415 g/mol. The molecule has 0 bridgehead atoms. The molecular formula is C16H22F3N5O4S. The van der Waals surface area contributed by atoms with Gasteiger partial charge in [-0.3, -0.25) is 14.7 Å². The largest absolute Gasteiger partial charge is 0.432 e. The summed E-state index contributed by atoms with van der Waals surface area (Å²) >= 11 is 0. The number of H-pyrrole nitrogens is 1. The molecule has 162 valence electrons. The SMILES string of the molecule is CC1CCN(C(=O)C2(S(N)(=O)=O)CCC2)CC1NC(=O)c1cc(C(F)(F)F)[nH]n1. The van der Waals surface area contributed by atoms with E-state index in [0.29, 0.717) is 25.5 Å². The summed E-state index contributed by atoms with van der Waals surface area (Å²) in [7, 11) is -4.08. The number of aromatic amines is 1. The van der Waals surface area contributed by atoms with Gasteiger partial charge in [0.15, 0.2) is 10.4 Å². The predicted molar refractivity (Wildman–Crippen MR) is 94.9 cm³/mol. The molecule has 0 radical (unpaired) electrons. The summed E-state index contributed by atoms with van der Waals surface area (Å²) in [6.45, 7) is 2.18. The average molecular weight is 437 g/mol. The second-order valence-electron chi connectivity index (χ2n) is 7.65. The van der Waals surface area contributed by atoms with E-state index >= 15 is 0 Å². The number of nitrogens with zero attached hydrogens (tertiary/aromatic N) is 2.